The molecule has 35 heavy (non-hydrogen) atoms. The number of fused-ring (bicyclic) bond motifs is 2. The summed E-state index contributed by atoms with van der Waals surface area (Å²) in [4.78, 5) is 44.4. The van der Waals surface area contributed by atoms with Gasteiger partial charge in [0, 0.05) is 23.7 Å². The van der Waals surface area contributed by atoms with Gasteiger partial charge >= 0.3 is 0 Å². The number of hydrogen-bond donors (Lipinski definition) is 2. The lowest BCUT2D eigenvalue weighted by Crippen LogP contribution is -2.50. The van der Waals surface area contributed by atoms with Gasteiger partial charge in [-0.2, -0.15) is 5.10 Å². The van der Waals surface area contributed by atoms with Crippen molar-refractivity contribution in [3.05, 3.63) is 60.0 Å². The van der Waals surface area contributed by atoms with Gasteiger partial charge in [-0.1, -0.05) is 30.3 Å². The second kappa shape index (κ2) is 8.48. The molecule has 180 valence electrons. The van der Waals surface area contributed by atoms with Crippen LogP contribution >= 0.6 is 0 Å². The number of rotatable bonds is 6. The van der Waals surface area contributed by atoms with Crippen LogP contribution in [0.2, 0.25) is 0 Å². The van der Waals surface area contributed by atoms with Gasteiger partial charge < -0.3 is 16.0 Å². The van der Waals surface area contributed by atoms with Crippen LogP contribution in [0.1, 0.15) is 54.1 Å². The summed E-state index contributed by atoms with van der Waals surface area (Å²) in [6.07, 6.45) is 7.68. The van der Waals surface area contributed by atoms with E-state index in [1.54, 1.807) is 23.4 Å². The van der Waals surface area contributed by atoms with Crippen molar-refractivity contribution in [3.63, 3.8) is 0 Å². The number of nitrogens with zero attached hydrogens (tertiary/aromatic N) is 4. The first-order valence-corrected chi connectivity index (χ1v) is 12.3. The average Bonchev–Trinajstić information content (AvgIpc) is 3.20. The predicted molar refractivity (Wildman–Crippen MR) is 128 cm³/mol. The molecule has 2 aliphatic carbocycles. The maximum Gasteiger partial charge on any atom is 0.269 e. The van der Waals surface area contributed by atoms with Crippen LogP contribution in [0.4, 0.5) is 0 Å². The highest BCUT2D eigenvalue weighted by atomic mass is 16.2. The molecular formula is C26H28N6O3. The second-order valence-electron chi connectivity index (χ2n) is 10.0. The van der Waals surface area contributed by atoms with Gasteiger partial charge in [0.2, 0.25) is 11.8 Å². The van der Waals surface area contributed by atoms with E-state index in [2.05, 4.69) is 39.7 Å². The van der Waals surface area contributed by atoms with E-state index in [4.69, 9.17) is 5.73 Å². The first-order chi connectivity index (χ1) is 17.0. The summed E-state index contributed by atoms with van der Waals surface area (Å²) in [6.45, 7) is -0.0675. The summed E-state index contributed by atoms with van der Waals surface area (Å²) in [7, 11) is 0. The minimum absolute atomic E-state index is 0.0610. The van der Waals surface area contributed by atoms with Crippen LogP contribution in [0.5, 0.6) is 0 Å². The molecule has 3 fully saturated rings. The fraction of sp³-hybridized carbons (Fsp3) is 0.423. The van der Waals surface area contributed by atoms with Crippen molar-refractivity contribution in [1.82, 2.24) is 25.0 Å². The van der Waals surface area contributed by atoms with E-state index in [0.717, 1.165) is 25.7 Å². The van der Waals surface area contributed by atoms with Gasteiger partial charge in [0.25, 0.3) is 5.91 Å². The molecule has 1 saturated heterocycles. The van der Waals surface area contributed by atoms with Crippen LogP contribution in [0.3, 0.4) is 0 Å². The smallest absolute Gasteiger partial charge is 0.269 e. The Kier molecular flexibility index (Phi) is 5.27. The zero-order valence-corrected chi connectivity index (χ0v) is 19.3. The topological polar surface area (TPSA) is 123 Å². The normalized spacial score (nSPS) is 27.1. The van der Waals surface area contributed by atoms with Crippen LogP contribution in [0, 0.1) is 5.92 Å². The number of nitrogens with two attached hydrogens (primary N) is 1. The number of likely N-dealkylation sites (tertiary alicyclic amines) is 1. The molecule has 6 rings (SSSR count). The Bertz CT molecular complexity index is 1300. The summed E-state index contributed by atoms with van der Waals surface area (Å²) in [5.74, 6) is -0.0505. The largest absolute Gasteiger partial charge is 0.364 e. The highest BCUT2D eigenvalue weighted by Crippen LogP contribution is 2.48. The van der Waals surface area contributed by atoms with E-state index in [1.807, 2.05) is 6.07 Å². The Labute approximate surface area is 202 Å². The molecule has 5 atom stereocenters. The van der Waals surface area contributed by atoms with Crippen LogP contribution in [0.15, 0.2) is 48.8 Å². The molecule has 3 aliphatic rings. The van der Waals surface area contributed by atoms with E-state index < -0.39 is 11.9 Å². The van der Waals surface area contributed by atoms with Gasteiger partial charge in [-0.05, 0) is 55.6 Å². The first-order valence-electron chi connectivity index (χ1n) is 12.3. The highest BCUT2D eigenvalue weighted by molar-refractivity contribution is 6.04. The predicted octanol–water partition coefficient (Wildman–Crippen LogP) is 1.97. The summed E-state index contributed by atoms with van der Waals surface area (Å²) in [5.41, 5.74) is 7.48. The summed E-state index contributed by atoms with van der Waals surface area (Å²) < 4.78 is 1.47. The van der Waals surface area contributed by atoms with Gasteiger partial charge in [-0.25, -0.2) is 0 Å². The molecule has 2 aromatic heterocycles. The van der Waals surface area contributed by atoms with Crippen molar-refractivity contribution in [2.24, 2.45) is 11.7 Å². The first kappa shape index (κ1) is 21.8. The van der Waals surface area contributed by atoms with Gasteiger partial charge in [-0.15, -0.1) is 0 Å². The SMILES string of the molecule is NC(=O)c1nn(CC(=O)N2[C@@H]3C[C@@H]3C[C@H]2C(=O)N[C@H]2CC[C@H](c3ccccc3)C2)c2cnccc12. The molecule has 3 heterocycles. The third-order valence-electron chi connectivity index (χ3n) is 7.82. The monoisotopic (exact) mass is 472 g/mol. The molecule has 0 bridgehead atoms. The number of amides is 3. The van der Waals surface area contributed by atoms with E-state index in [-0.39, 0.29) is 36.1 Å². The quantitative estimate of drug-likeness (QED) is 0.568. The number of primary amides is 1. The summed E-state index contributed by atoms with van der Waals surface area (Å²) >= 11 is 0. The number of aromatic nitrogens is 3. The van der Waals surface area contributed by atoms with Crippen LogP contribution in [-0.2, 0) is 16.1 Å². The minimum Gasteiger partial charge on any atom is -0.364 e. The molecular weight excluding hydrogens is 444 g/mol. The standard InChI is InChI=1S/C26H28N6O3/c27-25(34)24-19-8-9-28-13-22(19)31(30-24)14-23(33)32-20-11-17(20)12-21(32)26(35)29-18-7-6-16(10-18)15-4-2-1-3-5-15/h1-5,8-9,13,16-18,20-21H,6-7,10-12,14H2,(H2,27,34)(H,29,35)/t16-,17+,18-,20+,21-/m0/s1. The summed E-state index contributed by atoms with van der Waals surface area (Å²) in [6, 6.07) is 11.9. The Hall–Kier alpha value is -3.75. The third kappa shape index (κ3) is 3.94. The van der Waals surface area contributed by atoms with Crippen LogP contribution < -0.4 is 11.1 Å². The average molecular weight is 473 g/mol. The Morgan fingerprint density at radius 1 is 1.06 bits per heavy atom. The lowest BCUT2D eigenvalue weighted by Gasteiger charge is -2.28. The molecule has 3 aromatic rings. The molecule has 0 radical (unpaired) electrons. The fourth-order valence-corrected chi connectivity index (χ4v) is 6.02. The third-order valence-corrected chi connectivity index (χ3v) is 7.82. The number of nitrogens with one attached hydrogen (secondary N) is 1. The van der Waals surface area contributed by atoms with Crippen LogP contribution in [-0.4, -0.2) is 55.5 Å². The second-order valence-corrected chi connectivity index (χ2v) is 10.0. The van der Waals surface area contributed by atoms with Crippen molar-refractivity contribution >= 4 is 28.6 Å². The maximum absolute atomic E-state index is 13.4. The molecule has 1 aromatic carbocycles. The Balaban J connectivity index is 1.15. The van der Waals surface area contributed by atoms with Crippen molar-refractivity contribution in [3.8, 4) is 0 Å². The molecule has 9 nitrogen and oxygen atoms in total. The zero-order chi connectivity index (χ0) is 24.1. The molecule has 0 unspecified atom stereocenters. The lowest BCUT2D eigenvalue weighted by molar-refractivity contribution is -0.140. The fourth-order valence-electron chi connectivity index (χ4n) is 6.02. The van der Waals surface area contributed by atoms with E-state index in [1.165, 1.54) is 10.2 Å². The summed E-state index contributed by atoms with van der Waals surface area (Å²) in [5, 5.41) is 8.08. The van der Waals surface area contributed by atoms with Crippen molar-refractivity contribution in [2.75, 3.05) is 0 Å². The number of carbonyl (C=O) groups is 3. The number of benzene rings is 1. The number of piperidine rings is 1. The van der Waals surface area contributed by atoms with Crippen molar-refractivity contribution in [2.45, 2.75) is 62.7 Å². The van der Waals surface area contributed by atoms with Crippen molar-refractivity contribution < 1.29 is 14.4 Å². The van der Waals surface area contributed by atoms with E-state index in [9.17, 15) is 14.4 Å². The number of carbonyl (C=O) groups excluding carboxylic acids is 3. The highest BCUT2D eigenvalue weighted by Gasteiger charge is 2.56. The molecule has 9 heteroatoms. The lowest BCUT2D eigenvalue weighted by atomic mass is 9.97. The van der Waals surface area contributed by atoms with Crippen LogP contribution in [0.25, 0.3) is 10.9 Å². The van der Waals surface area contributed by atoms with Gasteiger partial charge in [0.15, 0.2) is 5.69 Å². The minimum atomic E-state index is -0.654. The van der Waals surface area contributed by atoms with Crippen molar-refractivity contribution in [1.29, 1.82) is 0 Å². The van der Waals surface area contributed by atoms with Gasteiger partial charge in [0.05, 0.1) is 11.7 Å². The maximum atomic E-state index is 13.4. The number of hydrogen-bond acceptors (Lipinski definition) is 5. The molecule has 0 spiro atoms. The van der Waals surface area contributed by atoms with Gasteiger partial charge in [-0.3, -0.25) is 24.0 Å². The molecule has 1 aliphatic heterocycles. The Morgan fingerprint density at radius 3 is 2.69 bits per heavy atom. The molecule has 2 saturated carbocycles. The molecule has 3 N–H and O–H groups in total. The van der Waals surface area contributed by atoms with Gasteiger partial charge in [0.1, 0.15) is 12.6 Å². The van der Waals surface area contributed by atoms with E-state index in [0.29, 0.717) is 29.2 Å². The Morgan fingerprint density at radius 2 is 1.89 bits per heavy atom. The number of pyridine rings is 1. The zero-order valence-electron chi connectivity index (χ0n) is 19.3. The van der Waals surface area contributed by atoms with E-state index >= 15 is 0 Å². The molecule has 3 amide bonds.